The van der Waals surface area contributed by atoms with E-state index in [1.54, 1.807) is 0 Å². The Morgan fingerprint density at radius 3 is 2.79 bits per heavy atom. The van der Waals surface area contributed by atoms with E-state index in [1.165, 1.54) is 31.2 Å². The zero-order chi connectivity index (χ0) is 25.5. The topological polar surface area (TPSA) is 100 Å². The number of aromatic nitrogens is 7. The smallest absolute Gasteiger partial charge is 0.116 e. The third kappa shape index (κ3) is 4.26. The second kappa shape index (κ2) is 9.54. The maximum Gasteiger partial charge on any atom is 0.116 e. The molecule has 0 amide bonds. The zero-order valence-electron chi connectivity index (χ0n) is 21.4. The number of rotatable bonds is 7. The summed E-state index contributed by atoms with van der Waals surface area (Å²) in [7, 11) is 0. The van der Waals surface area contributed by atoms with E-state index < -0.39 is 0 Å². The molecule has 0 radical (unpaired) electrons. The second-order valence-corrected chi connectivity index (χ2v) is 10.4. The van der Waals surface area contributed by atoms with Crippen LogP contribution < -0.4 is 5.32 Å². The fourth-order valence-electron chi connectivity index (χ4n) is 5.68. The van der Waals surface area contributed by atoms with Crippen LogP contribution in [-0.4, -0.2) is 41.2 Å². The third-order valence-corrected chi connectivity index (χ3v) is 7.66. The van der Waals surface area contributed by atoms with E-state index in [1.807, 2.05) is 38.0 Å². The first-order valence-corrected chi connectivity index (χ1v) is 13.3. The molecular formula is C30H30N8. The highest BCUT2D eigenvalue weighted by Crippen LogP contribution is 2.33. The second-order valence-electron chi connectivity index (χ2n) is 10.4. The Hall–Kier alpha value is -4.30. The number of hydrogen-bond acceptors (Lipinski definition) is 5. The van der Waals surface area contributed by atoms with Crippen LogP contribution in [-0.2, 0) is 6.54 Å². The van der Waals surface area contributed by atoms with Crippen LogP contribution in [0.1, 0.15) is 36.9 Å². The average Bonchev–Trinajstić information content (AvgIpc) is 3.74. The molecule has 3 N–H and O–H groups in total. The number of hydrogen-bond donors (Lipinski definition) is 3. The summed E-state index contributed by atoms with van der Waals surface area (Å²) >= 11 is 0. The molecule has 6 aromatic rings. The van der Waals surface area contributed by atoms with E-state index in [2.05, 4.69) is 71.4 Å². The van der Waals surface area contributed by atoms with Crippen LogP contribution in [0.2, 0.25) is 0 Å². The van der Waals surface area contributed by atoms with Crippen LogP contribution in [0.3, 0.4) is 0 Å². The maximum absolute atomic E-state index is 4.72. The van der Waals surface area contributed by atoms with Gasteiger partial charge in [0.15, 0.2) is 0 Å². The number of H-pyrrole nitrogens is 2. The fraction of sp³-hybridized carbons (Fsp3) is 0.267. The Labute approximate surface area is 220 Å². The first-order chi connectivity index (χ1) is 18.7. The van der Waals surface area contributed by atoms with E-state index in [4.69, 9.17) is 4.98 Å². The van der Waals surface area contributed by atoms with Crippen molar-refractivity contribution in [3.63, 3.8) is 0 Å². The summed E-state index contributed by atoms with van der Waals surface area (Å²) in [5.41, 5.74) is 8.91. The van der Waals surface area contributed by atoms with Crippen molar-refractivity contribution in [2.24, 2.45) is 5.92 Å². The normalized spacial score (nSPS) is 14.2. The van der Waals surface area contributed by atoms with E-state index >= 15 is 0 Å². The summed E-state index contributed by atoms with van der Waals surface area (Å²) < 4.78 is 2.06. The van der Waals surface area contributed by atoms with E-state index in [0.717, 1.165) is 74.8 Å². The molecule has 8 nitrogen and oxygen atoms in total. The zero-order valence-corrected chi connectivity index (χ0v) is 21.4. The van der Waals surface area contributed by atoms with Crippen LogP contribution in [0, 0.1) is 12.8 Å². The van der Waals surface area contributed by atoms with Gasteiger partial charge in [0.2, 0.25) is 0 Å². The van der Waals surface area contributed by atoms with Gasteiger partial charge in [-0.25, -0.2) is 4.98 Å². The Morgan fingerprint density at radius 1 is 1.00 bits per heavy atom. The number of aryl methyl sites for hydroxylation is 1. The largest absolute Gasteiger partial charge is 0.353 e. The van der Waals surface area contributed by atoms with Gasteiger partial charge in [0.05, 0.1) is 40.8 Å². The highest BCUT2D eigenvalue weighted by molar-refractivity contribution is 5.98. The Morgan fingerprint density at radius 2 is 1.92 bits per heavy atom. The van der Waals surface area contributed by atoms with E-state index in [9.17, 15) is 0 Å². The van der Waals surface area contributed by atoms with Crippen molar-refractivity contribution in [1.82, 2.24) is 40.0 Å². The highest BCUT2D eigenvalue weighted by Gasteiger charge is 2.16. The number of fused-ring (bicyclic) bond motifs is 2. The molecule has 0 atom stereocenters. The molecule has 1 aliphatic carbocycles. The first-order valence-electron chi connectivity index (χ1n) is 13.3. The van der Waals surface area contributed by atoms with Crippen molar-refractivity contribution in [3.05, 3.63) is 78.8 Å². The minimum atomic E-state index is 0.819. The number of imidazole rings is 1. The van der Waals surface area contributed by atoms with Gasteiger partial charge < -0.3 is 14.9 Å². The van der Waals surface area contributed by atoms with Crippen molar-refractivity contribution in [2.45, 2.75) is 39.2 Å². The number of pyridine rings is 2. The lowest BCUT2D eigenvalue weighted by Crippen LogP contribution is -2.20. The van der Waals surface area contributed by atoms with Crippen LogP contribution in [0.15, 0.2) is 67.5 Å². The molecule has 0 aliphatic heterocycles. The molecule has 5 heterocycles. The predicted molar refractivity (Wildman–Crippen MR) is 150 cm³/mol. The molecule has 1 aliphatic rings. The number of aromatic amines is 2. The quantitative estimate of drug-likeness (QED) is 0.251. The number of benzene rings is 1. The summed E-state index contributed by atoms with van der Waals surface area (Å²) in [4.78, 5) is 17.2. The lowest BCUT2D eigenvalue weighted by atomic mass is 10.1. The van der Waals surface area contributed by atoms with E-state index in [0.29, 0.717) is 0 Å². The van der Waals surface area contributed by atoms with Gasteiger partial charge in [-0.1, -0.05) is 18.9 Å². The van der Waals surface area contributed by atoms with Gasteiger partial charge in [-0.15, -0.1) is 0 Å². The first kappa shape index (κ1) is 22.9. The van der Waals surface area contributed by atoms with Gasteiger partial charge in [0.25, 0.3) is 0 Å². The SMILES string of the molecule is Cc1cn(-c2cccc3[nH]c(-c4n[nH]c5cnc(-c6cncc(CNCC7CCCC7)c6)cc45)cc23)cn1. The van der Waals surface area contributed by atoms with Crippen molar-refractivity contribution in [3.8, 4) is 28.3 Å². The summed E-state index contributed by atoms with van der Waals surface area (Å²) in [5.74, 6) is 0.819. The molecule has 0 saturated heterocycles. The van der Waals surface area contributed by atoms with Crippen LogP contribution in [0.25, 0.3) is 50.1 Å². The summed E-state index contributed by atoms with van der Waals surface area (Å²) in [6.07, 6.45) is 15.0. The van der Waals surface area contributed by atoms with Gasteiger partial charge in [-0.05, 0) is 68.1 Å². The summed E-state index contributed by atoms with van der Waals surface area (Å²) in [6, 6.07) is 12.7. The Bertz CT molecular complexity index is 1730. The maximum atomic E-state index is 4.72. The molecule has 1 saturated carbocycles. The molecule has 190 valence electrons. The van der Waals surface area contributed by atoms with Gasteiger partial charge >= 0.3 is 0 Å². The third-order valence-electron chi connectivity index (χ3n) is 7.66. The van der Waals surface area contributed by atoms with Crippen molar-refractivity contribution < 1.29 is 0 Å². The fourth-order valence-corrected chi connectivity index (χ4v) is 5.68. The lowest BCUT2D eigenvalue weighted by molar-refractivity contribution is 0.489. The molecule has 1 aromatic carbocycles. The molecule has 0 spiro atoms. The van der Waals surface area contributed by atoms with Crippen LogP contribution >= 0.6 is 0 Å². The molecule has 7 rings (SSSR count). The van der Waals surface area contributed by atoms with Crippen molar-refractivity contribution in [1.29, 1.82) is 0 Å². The molecular weight excluding hydrogens is 472 g/mol. The summed E-state index contributed by atoms with van der Waals surface area (Å²) in [6.45, 7) is 3.91. The molecule has 1 fully saturated rings. The monoisotopic (exact) mass is 502 g/mol. The minimum absolute atomic E-state index is 0.819. The van der Waals surface area contributed by atoms with Gasteiger partial charge in [-0.2, -0.15) is 5.10 Å². The predicted octanol–water partition coefficient (Wildman–Crippen LogP) is 5.94. The molecule has 5 aromatic heterocycles. The molecule has 38 heavy (non-hydrogen) atoms. The number of nitrogens with one attached hydrogen (secondary N) is 3. The standard InChI is InChI=1S/C30H30N8/c1-19-17-38(18-34-19)29-8-4-7-25-23(29)10-27(35-25)30-24-11-26(33-16-28(24)36-37-30)22-9-21(14-32-15-22)13-31-12-20-5-2-3-6-20/h4,7-11,14-18,20,31,35H,2-3,5-6,12-13H2,1H3,(H,36,37). The highest BCUT2D eigenvalue weighted by atomic mass is 15.1. The van der Waals surface area contributed by atoms with Gasteiger partial charge in [0.1, 0.15) is 5.69 Å². The molecule has 8 heteroatoms. The summed E-state index contributed by atoms with van der Waals surface area (Å²) in [5, 5.41) is 13.6. The lowest BCUT2D eigenvalue weighted by Gasteiger charge is -2.11. The molecule has 0 unspecified atom stereocenters. The van der Waals surface area contributed by atoms with Gasteiger partial charge in [0, 0.05) is 47.0 Å². The average molecular weight is 503 g/mol. The number of nitrogens with zero attached hydrogens (tertiary/aromatic N) is 5. The van der Waals surface area contributed by atoms with Gasteiger partial charge in [-0.3, -0.25) is 15.1 Å². The van der Waals surface area contributed by atoms with Crippen LogP contribution in [0.4, 0.5) is 0 Å². The molecule has 0 bridgehead atoms. The minimum Gasteiger partial charge on any atom is -0.353 e. The Kier molecular flexibility index (Phi) is 5.74. The Balaban J connectivity index is 1.20. The van der Waals surface area contributed by atoms with Crippen LogP contribution in [0.5, 0.6) is 0 Å². The van der Waals surface area contributed by atoms with Crippen molar-refractivity contribution in [2.75, 3.05) is 6.54 Å². The van der Waals surface area contributed by atoms with E-state index in [-0.39, 0.29) is 0 Å². The van der Waals surface area contributed by atoms with Crippen molar-refractivity contribution >= 4 is 21.8 Å².